The van der Waals surface area contributed by atoms with Gasteiger partial charge in [0, 0.05) is 6.04 Å². The second-order valence-electron chi connectivity index (χ2n) is 4.79. The van der Waals surface area contributed by atoms with Crippen LogP contribution in [0.3, 0.4) is 0 Å². The first-order valence-corrected chi connectivity index (χ1v) is 5.48. The molecule has 2 aliphatic carbocycles. The lowest BCUT2D eigenvalue weighted by atomic mass is 9.75. The van der Waals surface area contributed by atoms with Crippen molar-refractivity contribution in [2.45, 2.75) is 45.1 Å². The molecule has 0 radical (unpaired) electrons. The zero-order valence-corrected chi connectivity index (χ0v) is 8.34. The van der Waals surface area contributed by atoms with Gasteiger partial charge in [-0.2, -0.15) is 0 Å². The molecule has 0 aromatic rings. The molecule has 0 spiro atoms. The van der Waals surface area contributed by atoms with Crippen LogP contribution in [0, 0.1) is 17.8 Å². The van der Waals surface area contributed by atoms with Gasteiger partial charge in [0.15, 0.2) is 0 Å². The third-order valence-electron chi connectivity index (χ3n) is 4.11. The molecule has 2 fully saturated rings. The first-order chi connectivity index (χ1) is 5.81. The average molecular weight is 167 g/mol. The quantitative estimate of drug-likeness (QED) is 0.666. The maximum atomic E-state index is 3.45. The van der Waals surface area contributed by atoms with Gasteiger partial charge in [0.1, 0.15) is 0 Å². The maximum absolute atomic E-state index is 3.45. The fourth-order valence-corrected chi connectivity index (χ4v) is 3.00. The van der Waals surface area contributed by atoms with Crippen LogP contribution in [0.1, 0.15) is 39.0 Å². The summed E-state index contributed by atoms with van der Waals surface area (Å²) in [7, 11) is 2.12. The Labute approximate surface area is 75.9 Å². The molecule has 1 heteroatoms. The van der Waals surface area contributed by atoms with Crippen molar-refractivity contribution in [2.24, 2.45) is 17.8 Å². The molecule has 0 bridgehead atoms. The largest absolute Gasteiger partial charge is 0.317 e. The summed E-state index contributed by atoms with van der Waals surface area (Å²) in [5.74, 6) is 3.08. The van der Waals surface area contributed by atoms with Gasteiger partial charge in [-0.25, -0.2) is 0 Å². The van der Waals surface area contributed by atoms with Crippen LogP contribution in [-0.2, 0) is 0 Å². The summed E-state index contributed by atoms with van der Waals surface area (Å²) in [6.07, 6.45) is 7.47. The third kappa shape index (κ3) is 1.39. The average Bonchev–Trinajstić information content (AvgIpc) is 2.27. The van der Waals surface area contributed by atoms with E-state index < -0.39 is 0 Å². The number of rotatable bonds is 2. The van der Waals surface area contributed by atoms with Crippen molar-refractivity contribution in [1.82, 2.24) is 5.32 Å². The molecule has 3 unspecified atom stereocenters. The molecule has 12 heavy (non-hydrogen) atoms. The maximum Gasteiger partial charge on any atom is 0.00925 e. The van der Waals surface area contributed by atoms with Crippen molar-refractivity contribution < 1.29 is 0 Å². The Kier molecular flexibility index (Phi) is 2.40. The van der Waals surface area contributed by atoms with Crippen LogP contribution in [0.5, 0.6) is 0 Å². The Morgan fingerprint density at radius 2 is 1.83 bits per heavy atom. The van der Waals surface area contributed by atoms with E-state index in [0.717, 1.165) is 23.8 Å². The minimum Gasteiger partial charge on any atom is -0.317 e. The molecule has 2 saturated carbocycles. The van der Waals surface area contributed by atoms with E-state index in [4.69, 9.17) is 0 Å². The van der Waals surface area contributed by atoms with Crippen LogP contribution in [-0.4, -0.2) is 13.1 Å². The van der Waals surface area contributed by atoms with Crippen molar-refractivity contribution in [3.05, 3.63) is 0 Å². The van der Waals surface area contributed by atoms with Gasteiger partial charge in [0.25, 0.3) is 0 Å². The molecule has 0 aromatic heterocycles. The molecule has 0 heterocycles. The molecule has 1 nitrogen and oxygen atoms in total. The van der Waals surface area contributed by atoms with Crippen LogP contribution in [0.15, 0.2) is 0 Å². The molecule has 0 aromatic carbocycles. The van der Waals surface area contributed by atoms with Gasteiger partial charge in [-0.15, -0.1) is 0 Å². The van der Waals surface area contributed by atoms with Crippen molar-refractivity contribution in [1.29, 1.82) is 0 Å². The number of hydrogen-bond acceptors (Lipinski definition) is 1. The fourth-order valence-electron chi connectivity index (χ4n) is 3.00. The van der Waals surface area contributed by atoms with Crippen LogP contribution < -0.4 is 5.32 Å². The van der Waals surface area contributed by atoms with Crippen molar-refractivity contribution in [3.8, 4) is 0 Å². The van der Waals surface area contributed by atoms with Crippen LogP contribution in [0.25, 0.3) is 0 Å². The van der Waals surface area contributed by atoms with E-state index in [1.807, 2.05) is 0 Å². The molecule has 2 aliphatic rings. The van der Waals surface area contributed by atoms with Gasteiger partial charge in [0.2, 0.25) is 0 Å². The van der Waals surface area contributed by atoms with E-state index >= 15 is 0 Å². The minimum absolute atomic E-state index is 0.815. The van der Waals surface area contributed by atoms with E-state index in [9.17, 15) is 0 Å². The molecular weight excluding hydrogens is 146 g/mol. The smallest absolute Gasteiger partial charge is 0.00925 e. The Hall–Kier alpha value is -0.0400. The second kappa shape index (κ2) is 3.37. The predicted molar refractivity (Wildman–Crippen MR) is 52.1 cm³/mol. The molecule has 3 atom stereocenters. The Morgan fingerprint density at radius 1 is 1.08 bits per heavy atom. The Balaban J connectivity index is 1.86. The molecule has 0 amide bonds. The van der Waals surface area contributed by atoms with Crippen molar-refractivity contribution in [2.75, 3.05) is 7.05 Å². The molecular formula is C11H21N. The second-order valence-corrected chi connectivity index (χ2v) is 4.79. The zero-order chi connectivity index (χ0) is 8.55. The van der Waals surface area contributed by atoms with Gasteiger partial charge < -0.3 is 5.32 Å². The summed E-state index contributed by atoms with van der Waals surface area (Å²) in [5.41, 5.74) is 0. The van der Waals surface area contributed by atoms with Crippen LogP contribution in [0.2, 0.25) is 0 Å². The molecule has 2 rings (SSSR count). The summed E-state index contributed by atoms with van der Waals surface area (Å²) >= 11 is 0. The summed E-state index contributed by atoms with van der Waals surface area (Å²) in [5, 5.41) is 3.45. The number of nitrogens with one attached hydrogen (secondary N) is 1. The summed E-state index contributed by atoms with van der Waals surface area (Å²) in [6.45, 7) is 2.40. The van der Waals surface area contributed by atoms with Crippen molar-refractivity contribution >= 4 is 0 Å². The van der Waals surface area contributed by atoms with Crippen molar-refractivity contribution in [3.63, 3.8) is 0 Å². The highest BCUT2D eigenvalue weighted by Gasteiger charge is 2.36. The molecule has 1 N–H and O–H groups in total. The van der Waals surface area contributed by atoms with Gasteiger partial charge >= 0.3 is 0 Å². The van der Waals surface area contributed by atoms with Gasteiger partial charge in [-0.3, -0.25) is 0 Å². The summed E-state index contributed by atoms with van der Waals surface area (Å²) in [6, 6.07) is 0.815. The highest BCUT2D eigenvalue weighted by molar-refractivity contribution is 4.90. The standard InChI is InChI=1S/C11H21N/c1-8-6-10(7-11(8)12-2)9-4-3-5-9/h8-12H,3-7H2,1-2H3. The minimum atomic E-state index is 0.815. The third-order valence-corrected chi connectivity index (χ3v) is 4.11. The lowest BCUT2D eigenvalue weighted by Gasteiger charge is -2.31. The van der Waals surface area contributed by atoms with E-state index in [1.165, 1.54) is 32.1 Å². The lowest BCUT2D eigenvalue weighted by Crippen LogP contribution is -2.28. The van der Waals surface area contributed by atoms with E-state index in [2.05, 4.69) is 19.3 Å². The Bertz CT molecular complexity index is 151. The molecule has 0 saturated heterocycles. The Morgan fingerprint density at radius 3 is 2.25 bits per heavy atom. The van der Waals surface area contributed by atoms with Gasteiger partial charge in [-0.1, -0.05) is 26.2 Å². The summed E-state index contributed by atoms with van der Waals surface area (Å²) < 4.78 is 0. The topological polar surface area (TPSA) is 12.0 Å². The van der Waals surface area contributed by atoms with E-state index in [1.54, 1.807) is 0 Å². The van der Waals surface area contributed by atoms with E-state index in [0.29, 0.717) is 0 Å². The van der Waals surface area contributed by atoms with E-state index in [-0.39, 0.29) is 0 Å². The highest BCUT2D eigenvalue weighted by Crippen LogP contribution is 2.43. The van der Waals surface area contributed by atoms with Crippen LogP contribution in [0.4, 0.5) is 0 Å². The fraction of sp³-hybridized carbons (Fsp3) is 1.00. The monoisotopic (exact) mass is 167 g/mol. The zero-order valence-electron chi connectivity index (χ0n) is 8.34. The van der Waals surface area contributed by atoms with Crippen LogP contribution >= 0.6 is 0 Å². The first-order valence-electron chi connectivity index (χ1n) is 5.48. The molecule has 70 valence electrons. The lowest BCUT2D eigenvalue weighted by molar-refractivity contribution is 0.204. The highest BCUT2D eigenvalue weighted by atomic mass is 14.9. The SMILES string of the molecule is CNC1CC(C2CCC2)CC1C. The predicted octanol–water partition coefficient (Wildman–Crippen LogP) is 2.42. The van der Waals surface area contributed by atoms with Gasteiger partial charge in [-0.05, 0) is 37.6 Å². The van der Waals surface area contributed by atoms with Gasteiger partial charge in [0.05, 0.1) is 0 Å². The number of hydrogen-bond donors (Lipinski definition) is 1. The normalized spacial score (nSPS) is 43.0. The first kappa shape index (κ1) is 8.55. The summed E-state index contributed by atoms with van der Waals surface area (Å²) in [4.78, 5) is 0. The molecule has 0 aliphatic heterocycles.